The number of likely N-dealkylation sites (tertiary alicyclic amines) is 1. The van der Waals surface area contributed by atoms with Crippen molar-refractivity contribution in [1.29, 1.82) is 0 Å². The molecule has 28 heavy (non-hydrogen) atoms. The molecule has 2 bridgehead atoms. The molecule has 3 aromatic rings. The number of hydrogen-bond donors (Lipinski definition) is 0. The van der Waals surface area contributed by atoms with Crippen molar-refractivity contribution < 1.29 is 14.5 Å². The molecule has 0 radical (unpaired) electrons. The summed E-state index contributed by atoms with van der Waals surface area (Å²) in [6, 6.07) is 9.70. The van der Waals surface area contributed by atoms with E-state index in [0.717, 1.165) is 17.5 Å². The van der Waals surface area contributed by atoms with Crippen LogP contribution in [0.1, 0.15) is 29.4 Å². The van der Waals surface area contributed by atoms with E-state index in [1.54, 1.807) is 17.3 Å². The highest BCUT2D eigenvalue weighted by Gasteiger charge is 2.40. The molecule has 2 aromatic carbocycles. The Bertz CT molecular complexity index is 1050. The average Bonchev–Trinajstić information content (AvgIpc) is 2.96. The van der Waals surface area contributed by atoms with Crippen LogP contribution in [0.2, 0.25) is 0 Å². The van der Waals surface area contributed by atoms with E-state index in [1.807, 2.05) is 0 Å². The quantitative estimate of drug-likeness (QED) is 0.500. The number of benzene rings is 2. The second kappa shape index (κ2) is 6.26. The monoisotopic (exact) mass is 376 g/mol. The number of hydrogen-bond acceptors (Lipinski definition) is 6. The SMILES string of the molecule is O=C(Oc1ccc([N+](=O)[O-])cc1)N1C[C@H]2C[C@@H](C1)c1cc3nccnc3cc12. The van der Waals surface area contributed by atoms with Gasteiger partial charge in [0.05, 0.1) is 16.0 Å². The zero-order valence-corrected chi connectivity index (χ0v) is 14.8. The normalized spacial score (nSPS) is 20.1. The standard InChI is InChI=1S/C20H16N4O4/c25-20(28-15-3-1-14(2-4-15)24(26)27)23-10-12-7-13(11-23)17-9-19-18(8-16(12)17)21-5-6-22-19/h1-6,8-9,12-13H,7,10-11H2/t12-,13+. The minimum absolute atomic E-state index is 0.0412. The number of piperidine rings is 1. The fourth-order valence-corrected chi connectivity index (χ4v) is 4.25. The van der Waals surface area contributed by atoms with E-state index in [1.165, 1.54) is 35.4 Å². The summed E-state index contributed by atoms with van der Waals surface area (Å²) in [5.41, 5.74) is 4.18. The zero-order valence-electron chi connectivity index (χ0n) is 14.8. The maximum absolute atomic E-state index is 12.6. The number of nitro groups is 1. The first-order valence-electron chi connectivity index (χ1n) is 9.04. The summed E-state index contributed by atoms with van der Waals surface area (Å²) < 4.78 is 5.43. The molecule has 1 aliphatic carbocycles. The van der Waals surface area contributed by atoms with Crippen molar-refractivity contribution in [2.45, 2.75) is 18.3 Å². The van der Waals surface area contributed by atoms with Crippen LogP contribution in [0.15, 0.2) is 48.8 Å². The molecule has 1 aromatic heterocycles. The van der Waals surface area contributed by atoms with Gasteiger partial charge in [0.25, 0.3) is 5.69 Å². The summed E-state index contributed by atoms with van der Waals surface area (Å²) in [7, 11) is 0. The van der Waals surface area contributed by atoms with Crippen LogP contribution < -0.4 is 4.74 Å². The van der Waals surface area contributed by atoms with Crippen molar-refractivity contribution in [2.24, 2.45) is 0 Å². The van der Waals surface area contributed by atoms with E-state index in [-0.39, 0.29) is 17.5 Å². The number of rotatable bonds is 2. The number of aromatic nitrogens is 2. The highest BCUT2D eigenvalue weighted by atomic mass is 16.6. The molecule has 5 rings (SSSR count). The van der Waals surface area contributed by atoms with Crippen LogP contribution in [0.4, 0.5) is 10.5 Å². The molecule has 1 fully saturated rings. The second-order valence-corrected chi connectivity index (χ2v) is 7.18. The van der Waals surface area contributed by atoms with Gasteiger partial charge >= 0.3 is 6.09 Å². The average molecular weight is 376 g/mol. The van der Waals surface area contributed by atoms with E-state index in [2.05, 4.69) is 22.1 Å². The van der Waals surface area contributed by atoms with Crippen LogP contribution in [-0.4, -0.2) is 39.0 Å². The maximum Gasteiger partial charge on any atom is 0.415 e. The highest BCUT2D eigenvalue weighted by Crippen LogP contribution is 2.47. The van der Waals surface area contributed by atoms with E-state index >= 15 is 0 Å². The Morgan fingerprint density at radius 1 is 1.04 bits per heavy atom. The lowest BCUT2D eigenvalue weighted by molar-refractivity contribution is -0.384. The largest absolute Gasteiger partial charge is 0.415 e. The molecule has 1 amide bonds. The molecule has 2 atom stereocenters. The van der Waals surface area contributed by atoms with Crippen LogP contribution in [0.3, 0.4) is 0 Å². The minimum atomic E-state index is -0.487. The summed E-state index contributed by atoms with van der Waals surface area (Å²) in [6.07, 6.45) is 3.94. The number of carbonyl (C=O) groups excluding carboxylic acids is 1. The van der Waals surface area contributed by atoms with Gasteiger partial charge < -0.3 is 9.64 Å². The number of nitro benzene ring substituents is 1. The number of nitrogens with zero attached hydrogens (tertiary/aromatic N) is 4. The molecule has 2 aliphatic rings. The molecule has 0 spiro atoms. The highest BCUT2D eigenvalue weighted by molar-refractivity contribution is 5.78. The summed E-state index contributed by atoms with van der Waals surface area (Å²) >= 11 is 0. The van der Waals surface area contributed by atoms with Crippen molar-refractivity contribution in [3.8, 4) is 5.75 Å². The van der Waals surface area contributed by atoms with Gasteiger partial charge in [-0.2, -0.15) is 0 Å². The summed E-state index contributed by atoms with van der Waals surface area (Å²) in [5.74, 6) is 0.805. The van der Waals surface area contributed by atoms with Gasteiger partial charge in [-0.15, -0.1) is 0 Å². The van der Waals surface area contributed by atoms with Crippen LogP contribution in [0, 0.1) is 10.1 Å². The van der Waals surface area contributed by atoms with E-state index in [9.17, 15) is 14.9 Å². The van der Waals surface area contributed by atoms with Crippen molar-refractivity contribution in [3.63, 3.8) is 0 Å². The predicted octanol–water partition coefficient (Wildman–Crippen LogP) is 3.62. The number of ether oxygens (including phenoxy) is 1. The first-order valence-corrected chi connectivity index (χ1v) is 9.04. The molecular formula is C20H16N4O4. The third-order valence-electron chi connectivity index (χ3n) is 5.52. The Kier molecular flexibility index (Phi) is 3.71. The Morgan fingerprint density at radius 3 is 2.14 bits per heavy atom. The molecule has 2 heterocycles. The lowest BCUT2D eigenvalue weighted by Crippen LogP contribution is -2.41. The zero-order chi connectivity index (χ0) is 19.3. The second-order valence-electron chi connectivity index (χ2n) is 7.18. The molecule has 0 saturated carbocycles. The molecule has 0 unspecified atom stereocenters. The fourth-order valence-electron chi connectivity index (χ4n) is 4.25. The Balaban J connectivity index is 1.35. The Labute approximate surface area is 159 Å². The minimum Gasteiger partial charge on any atom is -0.410 e. The van der Waals surface area contributed by atoms with Crippen LogP contribution in [0.25, 0.3) is 11.0 Å². The number of amides is 1. The summed E-state index contributed by atoms with van der Waals surface area (Å²) in [5, 5.41) is 10.7. The van der Waals surface area contributed by atoms with Crippen molar-refractivity contribution in [1.82, 2.24) is 14.9 Å². The van der Waals surface area contributed by atoms with Crippen LogP contribution in [0.5, 0.6) is 5.75 Å². The van der Waals surface area contributed by atoms with E-state index < -0.39 is 11.0 Å². The third kappa shape index (κ3) is 2.74. The molecule has 8 nitrogen and oxygen atoms in total. The van der Waals surface area contributed by atoms with Gasteiger partial charge in [-0.05, 0) is 41.8 Å². The molecule has 8 heteroatoms. The molecule has 1 aliphatic heterocycles. The first-order chi connectivity index (χ1) is 13.6. The molecule has 1 saturated heterocycles. The van der Waals surface area contributed by atoms with Crippen molar-refractivity contribution >= 4 is 22.8 Å². The van der Waals surface area contributed by atoms with Crippen LogP contribution in [-0.2, 0) is 0 Å². The summed E-state index contributed by atoms with van der Waals surface area (Å²) in [4.78, 5) is 33.4. The lowest BCUT2D eigenvalue weighted by atomic mass is 9.96. The smallest absolute Gasteiger partial charge is 0.410 e. The predicted molar refractivity (Wildman–Crippen MR) is 100 cm³/mol. The van der Waals surface area contributed by atoms with Gasteiger partial charge in [0.15, 0.2) is 0 Å². The summed E-state index contributed by atoms with van der Waals surface area (Å²) in [6.45, 7) is 1.17. The number of carbonyl (C=O) groups is 1. The van der Waals surface area contributed by atoms with E-state index in [4.69, 9.17) is 4.74 Å². The van der Waals surface area contributed by atoms with Gasteiger partial charge in [-0.25, -0.2) is 4.79 Å². The third-order valence-corrected chi connectivity index (χ3v) is 5.52. The molecule has 140 valence electrons. The molecule has 0 N–H and O–H groups in total. The number of fused-ring (bicyclic) bond motifs is 6. The van der Waals surface area contributed by atoms with Crippen LogP contribution >= 0.6 is 0 Å². The Morgan fingerprint density at radius 2 is 1.61 bits per heavy atom. The molecular weight excluding hydrogens is 360 g/mol. The van der Waals surface area contributed by atoms with Crippen molar-refractivity contribution in [3.05, 3.63) is 70.0 Å². The van der Waals surface area contributed by atoms with Gasteiger partial charge in [-0.1, -0.05) is 0 Å². The van der Waals surface area contributed by atoms with Gasteiger partial charge in [0.1, 0.15) is 5.75 Å². The number of non-ortho nitro benzene ring substituents is 1. The topological polar surface area (TPSA) is 98.5 Å². The lowest BCUT2D eigenvalue weighted by Gasteiger charge is -2.31. The fraction of sp³-hybridized carbons (Fsp3) is 0.250. The van der Waals surface area contributed by atoms with Gasteiger partial charge in [0, 0.05) is 49.5 Å². The van der Waals surface area contributed by atoms with Crippen molar-refractivity contribution in [2.75, 3.05) is 13.1 Å². The van der Waals surface area contributed by atoms with E-state index in [0.29, 0.717) is 18.8 Å². The Hall–Kier alpha value is -3.55. The van der Waals surface area contributed by atoms with Gasteiger partial charge in [0.2, 0.25) is 0 Å². The maximum atomic E-state index is 12.6. The first kappa shape index (κ1) is 16.6. The van der Waals surface area contributed by atoms with Gasteiger partial charge in [-0.3, -0.25) is 20.1 Å².